The molecule has 2 amide bonds. The Kier molecular flexibility index (Phi) is 5.06. The Balaban J connectivity index is 1.84. The number of nitrogens with zero attached hydrogens (tertiary/aromatic N) is 2. The van der Waals surface area contributed by atoms with E-state index in [9.17, 15) is 22.8 Å². The van der Waals surface area contributed by atoms with E-state index >= 15 is 0 Å². The third kappa shape index (κ3) is 4.39. The van der Waals surface area contributed by atoms with Crippen molar-refractivity contribution in [3.8, 4) is 5.69 Å². The van der Waals surface area contributed by atoms with Crippen LogP contribution in [0.4, 0.5) is 23.7 Å². The number of nitrogens with one attached hydrogen (secondary N) is 2. The number of hydrogen-bond donors (Lipinski definition) is 2. The van der Waals surface area contributed by atoms with E-state index < -0.39 is 23.4 Å². The summed E-state index contributed by atoms with van der Waals surface area (Å²) in [6.07, 6.45) is -2.10. The molecule has 1 aliphatic carbocycles. The lowest BCUT2D eigenvalue weighted by molar-refractivity contribution is -0.143. The number of ether oxygens (including phenoxy) is 1. The number of urea groups is 1. The minimum absolute atomic E-state index is 0.0510. The van der Waals surface area contributed by atoms with Crippen LogP contribution in [0.3, 0.4) is 0 Å². The SMILES string of the molecule is CCOC(=O)c1cnn(-c2ccc(NC(=O)NC3CC3)cc2)c1C(F)(F)F. The molecular weight excluding hydrogens is 365 g/mol. The number of carbonyl (C=O) groups excluding carboxylic acids is 2. The van der Waals surface area contributed by atoms with E-state index in [0.717, 1.165) is 19.0 Å². The van der Waals surface area contributed by atoms with E-state index in [1.54, 1.807) is 0 Å². The number of carbonyl (C=O) groups is 2. The average molecular weight is 382 g/mol. The first kappa shape index (κ1) is 18.7. The van der Waals surface area contributed by atoms with Gasteiger partial charge in [-0.3, -0.25) is 0 Å². The monoisotopic (exact) mass is 382 g/mol. The van der Waals surface area contributed by atoms with Crippen molar-refractivity contribution in [1.82, 2.24) is 15.1 Å². The minimum Gasteiger partial charge on any atom is -0.462 e. The molecule has 1 saturated carbocycles. The molecule has 0 radical (unpaired) electrons. The van der Waals surface area contributed by atoms with Gasteiger partial charge in [-0.25, -0.2) is 14.3 Å². The van der Waals surface area contributed by atoms with Crippen LogP contribution >= 0.6 is 0 Å². The normalized spacial score (nSPS) is 13.9. The Hall–Kier alpha value is -3.04. The molecule has 27 heavy (non-hydrogen) atoms. The van der Waals surface area contributed by atoms with Crippen molar-refractivity contribution in [2.24, 2.45) is 0 Å². The molecule has 2 N–H and O–H groups in total. The summed E-state index contributed by atoms with van der Waals surface area (Å²) in [4.78, 5) is 23.5. The topological polar surface area (TPSA) is 85.2 Å². The molecular formula is C17H17F3N4O3. The standard InChI is InChI=1S/C17H17F3N4O3/c1-2-27-15(25)13-9-21-24(14(13)17(18,19)20)12-7-5-11(6-8-12)23-16(26)22-10-3-4-10/h5-10H,2-4H2,1H3,(H2,22,23,26). The molecule has 1 aliphatic rings. The van der Waals surface area contributed by atoms with Crippen LogP contribution in [0.2, 0.25) is 0 Å². The maximum absolute atomic E-state index is 13.5. The Labute approximate surface area is 152 Å². The predicted octanol–water partition coefficient (Wildman–Crippen LogP) is 3.35. The number of benzene rings is 1. The van der Waals surface area contributed by atoms with Gasteiger partial charge < -0.3 is 15.4 Å². The van der Waals surface area contributed by atoms with Crippen LogP contribution in [0.5, 0.6) is 0 Å². The Bertz CT molecular complexity index is 842. The van der Waals surface area contributed by atoms with Crippen molar-refractivity contribution in [3.63, 3.8) is 0 Å². The lowest BCUT2D eigenvalue weighted by atomic mass is 10.2. The van der Waals surface area contributed by atoms with Crippen molar-refractivity contribution in [3.05, 3.63) is 41.7 Å². The lowest BCUT2D eigenvalue weighted by Gasteiger charge is -2.13. The molecule has 1 fully saturated rings. The maximum Gasteiger partial charge on any atom is 0.434 e. The molecule has 1 aromatic carbocycles. The van der Waals surface area contributed by atoms with E-state index in [1.165, 1.54) is 31.2 Å². The summed E-state index contributed by atoms with van der Waals surface area (Å²) in [5, 5.41) is 9.03. The third-order valence-electron chi connectivity index (χ3n) is 3.82. The fourth-order valence-corrected chi connectivity index (χ4v) is 2.44. The summed E-state index contributed by atoms with van der Waals surface area (Å²) in [7, 11) is 0. The Morgan fingerprint density at radius 3 is 2.48 bits per heavy atom. The molecule has 10 heteroatoms. The molecule has 1 heterocycles. The summed E-state index contributed by atoms with van der Waals surface area (Å²) in [6.45, 7) is 1.45. The molecule has 144 valence electrons. The zero-order valence-corrected chi connectivity index (χ0v) is 14.3. The van der Waals surface area contributed by atoms with E-state index in [1.807, 2.05) is 0 Å². The highest BCUT2D eigenvalue weighted by molar-refractivity contribution is 5.91. The van der Waals surface area contributed by atoms with Crippen molar-refractivity contribution in [1.29, 1.82) is 0 Å². The van der Waals surface area contributed by atoms with Gasteiger partial charge in [-0.15, -0.1) is 0 Å². The van der Waals surface area contributed by atoms with Gasteiger partial charge in [-0.1, -0.05) is 0 Å². The van der Waals surface area contributed by atoms with Crippen LogP contribution in [-0.4, -0.2) is 34.4 Å². The largest absolute Gasteiger partial charge is 0.462 e. The Morgan fingerprint density at radius 2 is 1.93 bits per heavy atom. The van der Waals surface area contributed by atoms with Crippen molar-refractivity contribution >= 4 is 17.7 Å². The van der Waals surface area contributed by atoms with E-state index in [-0.39, 0.29) is 24.4 Å². The molecule has 0 saturated heterocycles. The summed E-state index contributed by atoms with van der Waals surface area (Å²) in [6, 6.07) is 5.45. The van der Waals surface area contributed by atoms with E-state index in [0.29, 0.717) is 10.4 Å². The average Bonchev–Trinajstić information content (AvgIpc) is 3.28. The van der Waals surface area contributed by atoms with Crippen molar-refractivity contribution in [2.45, 2.75) is 32.0 Å². The van der Waals surface area contributed by atoms with Gasteiger partial charge in [0.15, 0.2) is 5.69 Å². The highest BCUT2D eigenvalue weighted by Crippen LogP contribution is 2.34. The first-order chi connectivity index (χ1) is 12.8. The maximum atomic E-state index is 13.5. The van der Waals surface area contributed by atoms with Crippen LogP contribution in [0.15, 0.2) is 30.5 Å². The fourth-order valence-electron chi connectivity index (χ4n) is 2.44. The molecule has 0 aliphatic heterocycles. The summed E-state index contributed by atoms with van der Waals surface area (Å²) in [5.74, 6) is -1.09. The predicted molar refractivity (Wildman–Crippen MR) is 89.7 cm³/mol. The van der Waals surface area contributed by atoms with Gasteiger partial charge in [0.25, 0.3) is 0 Å². The zero-order valence-electron chi connectivity index (χ0n) is 14.3. The number of anilines is 1. The van der Waals surface area contributed by atoms with Crippen LogP contribution in [0.25, 0.3) is 5.69 Å². The number of esters is 1. The number of rotatable bonds is 5. The van der Waals surface area contributed by atoms with Gasteiger partial charge >= 0.3 is 18.2 Å². The summed E-state index contributed by atoms with van der Waals surface area (Å²) in [5.41, 5.74) is -1.36. The van der Waals surface area contributed by atoms with Crippen molar-refractivity contribution < 1.29 is 27.5 Å². The van der Waals surface area contributed by atoms with Crippen LogP contribution in [-0.2, 0) is 10.9 Å². The third-order valence-corrected chi connectivity index (χ3v) is 3.82. The highest BCUT2D eigenvalue weighted by Gasteiger charge is 2.41. The molecule has 0 spiro atoms. The minimum atomic E-state index is -4.81. The summed E-state index contributed by atoms with van der Waals surface area (Å²) < 4.78 is 45.7. The van der Waals surface area contributed by atoms with Gasteiger partial charge in [0, 0.05) is 11.7 Å². The molecule has 3 rings (SSSR count). The molecule has 0 atom stereocenters. The second-order valence-corrected chi connectivity index (χ2v) is 5.96. The van der Waals surface area contributed by atoms with Crippen LogP contribution < -0.4 is 10.6 Å². The number of hydrogen-bond acceptors (Lipinski definition) is 4. The van der Waals surface area contributed by atoms with Crippen LogP contribution in [0, 0.1) is 0 Å². The fraction of sp³-hybridized carbons (Fsp3) is 0.353. The van der Waals surface area contributed by atoms with E-state index in [2.05, 4.69) is 20.5 Å². The number of halogens is 3. The zero-order chi connectivity index (χ0) is 19.6. The van der Waals surface area contributed by atoms with Gasteiger partial charge in [0.05, 0.1) is 18.5 Å². The van der Waals surface area contributed by atoms with Gasteiger partial charge in [-0.05, 0) is 44.0 Å². The van der Waals surface area contributed by atoms with Gasteiger partial charge in [0.1, 0.15) is 5.56 Å². The molecule has 1 aromatic heterocycles. The smallest absolute Gasteiger partial charge is 0.434 e. The molecule has 0 bridgehead atoms. The van der Waals surface area contributed by atoms with Gasteiger partial charge in [-0.2, -0.15) is 18.3 Å². The van der Waals surface area contributed by atoms with Crippen molar-refractivity contribution in [2.75, 3.05) is 11.9 Å². The molecule has 7 nitrogen and oxygen atoms in total. The first-order valence-corrected chi connectivity index (χ1v) is 8.30. The number of amides is 2. The van der Waals surface area contributed by atoms with E-state index in [4.69, 9.17) is 0 Å². The quantitative estimate of drug-likeness (QED) is 0.777. The lowest BCUT2D eigenvalue weighted by Crippen LogP contribution is -2.30. The first-order valence-electron chi connectivity index (χ1n) is 8.30. The van der Waals surface area contributed by atoms with Gasteiger partial charge in [0.2, 0.25) is 0 Å². The Morgan fingerprint density at radius 1 is 1.26 bits per heavy atom. The molecule has 2 aromatic rings. The second-order valence-electron chi connectivity index (χ2n) is 5.96. The highest BCUT2D eigenvalue weighted by atomic mass is 19.4. The molecule has 0 unspecified atom stereocenters. The second kappa shape index (κ2) is 7.29. The van der Waals surface area contributed by atoms with Crippen LogP contribution in [0.1, 0.15) is 35.8 Å². The number of aromatic nitrogens is 2. The summed E-state index contributed by atoms with van der Waals surface area (Å²) >= 11 is 0. The number of alkyl halides is 3.